The monoisotopic (exact) mass is 546 g/mol. The highest BCUT2D eigenvalue weighted by Crippen LogP contribution is 2.21. The number of morpholine rings is 1. The number of hydrogen-bond donors (Lipinski definition) is 2. The molecule has 0 atom stereocenters. The van der Waals surface area contributed by atoms with Crippen LogP contribution in [0.1, 0.15) is 5.56 Å². The van der Waals surface area contributed by atoms with Crippen molar-refractivity contribution in [2.24, 2.45) is 5.10 Å². The largest absolute Gasteiger partial charge is 0.378 e. The molecule has 0 unspecified atom stereocenters. The first-order chi connectivity index (χ1) is 15.6. The molecule has 12 heteroatoms. The van der Waals surface area contributed by atoms with Crippen LogP contribution in [0.5, 0.6) is 0 Å². The minimum Gasteiger partial charge on any atom is -0.378 e. The maximum atomic E-state index is 10.9. The van der Waals surface area contributed by atoms with Crippen LogP contribution >= 0.6 is 22.6 Å². The summed E-state index contributed by atoms with van der Waals surface area (Å²) in [6, 6.07) is 13.9. The SMILES string of the molecule is O=[N+]([O-])c1ccc(Nc2nc(NN=Cc3cccc(I)c3)nc(N3CCOCC3)n2)cc1. The minimum absolute atomic E-state index is 0.00691. The lowest BCUT2D eigenvalue weighted by atomic mass is 10.2. The molecule has 1 aliphatic heterocycles. The Balaban J connectivity index is 1.56. The fourth-order valence-electron chi connectivity index (χ4n) is 2.92. The average molecular weight is 546 g/mol. The van der Waals surface area contributed by atoms with Crippen LogP contribution in [0, 0.1) is 13.7 Å². The maximum absolute atomic E-state index is 10.9. The van der Waals surface area contributed by atoms with Crippen molar-refractivity contribution in [1.82, 2.24) is 15.0 Å². The third-order valence-electron chi connectivity index (χ3n) is 4.48. The quantitative estimate of drug-likeness (QED) is 0.198. The van der Waals surface area contributed by atoms with Crippen molar-refractivity contribution in [1.29, 1.82) is 0 Å². The standard InChI is InChI=1S/C20H19IN8O3/c21-15-3-1-2-14(12-15)13-22-27-19-24-18(23-16-4-6-17(7-5-16)29(30)31)25-20(26-19)28-8-10-32-11-9-28/h1-7,12-13H,8-11H2,(H2,23,24,25,26,27). The van der Waals surface area contributed by atoms with Gasteiger partial charge in [-0.2, -0.15) is 20.1 Å². The van der Waals surface area contributed by atoms with Crippen molar-refractivity contribution in [3.8, 4) is 0 Å². The summed E-state index contributed by atoms with van der Waals surface area (Å²) in [5.74, 6) is 1.05. The normalized spacial score (nSPS) is 13.8. The number of rotatable bonds is 7. The topological polar surface area (TPSA) is 131 Å². The summed E-state index contributed by atoms with van der Waals surface area (Å²) in [4.78, 5) is 25.8. The van der Waals surface area contributed by atoms with Gasteiger partial charge in [-0.1, -0.05) is 12.1 Å². The number of nitrogens with zero attached hydrogens (tertiary/aromatic N) is 6. The van der Waals surface area contributed by atoms with E-state index in [9.17, 15) is 10.1 Å². The van der Waals surface area contributed by atoms with E-state index in [1.165, 1.54) is 12.1 Å². The van der Waals surface area contributed by atoms with Gasteiger partial charge in [-0.15, -0.1) is 0 Å². The van der Waals surface area contributed by atoms with Crippen LogP contribution in [0.2, 0.25) is 0 Å². The van der Waals surface area contributed by atoms with Crippen LogP contribution in [0.15, 0.2) is 53.6 Å². The number of nitro benzene ring substituents is 1. The van der Waals surface area contributed by atoms with E-state index in [2.05, 4.69) is 53.4 Å². The summed E-state index contributed by atoms with van der Waals surface area (Å²) in [5, 5.41) is 18.2. The number of aromatic nitrogens is 3. The maximum Gasteiger partial charge on any atom is 0.269 e. The molecule has 1 aliphatic rings. The number of ether oxygens (including phenoxy) is 1. The Hall–Kier alpha value is -3.39. The molecule has 3 aromatic rings. The number of non-ortho nitro benzene ring substituents is 1. The lowest BCUT2D eigenvalue weighted by Gasteiger charge is -2.27. The van der Waals surface area contributed by atoms with E-state index in [0.717, 1.165) is 9.13 Å². The molecule has 4 rings (SSSR count). The first-order valence-corrected chi connectivity index (χ1v) is 10.8. The van der Waals surface area contributed by atoms with Crippen molar-refractivity contribution in [2.75, 3.05) is 41.9 Å². The summed E-state index contributed by atoms with van der Waals surface area (Å²) in [6.07, 6.45) is 1.68. The van der Waals surface area contributed by atoms with E-state index < -0.39 is 4.92 Å². The highest BCUT2D eigenvalue weighted by molar-refractivity contribution is 14.1. The predicted octanol–water partition coefficient (Wildman–Crippen LogP) is 3.41. The van der Waals surface area contributed by atoms with Crippen LogP contribution in [0.3, 0.4) is 0 Å². The van der Waals surface area contributed by atoms with Crippen molar-refractivity contribution in [3.63, 3.8) is 0 Å². The van der Waals surface area contributed by atoms with E-state index in [1.807, 2.05) is 29.2 Å². The van der Waals surface area contributed by atoms with Gasteiger partial charge < -0.3 is 15.0 Å². The number of nitro groups is 1. The average Bonchev–Trinajstić information content (AvgIpc) is 2.80. The second-order valence-electron chi connectivity index (χ2n) is 6.74. The fourth-order valence-corrected chi connectivity index (χ4v) is 3.49. The van der Waals surface area contributed by atoms with E-state index >= 15 is 0 Å². The molecule has 0 saturated carbocycles. The van der Waals surface area contributed by atoms with Gasteiger partial charge in [0.25, 0.3) is 5.69 Å². The second-order valence-corrected chi connectivity index (χ2v) is 7.98. The highest BCUT2D eigenvalue weighted by Gasteiger charge is 2.17. The number of hydrogen-bond acceptors (Lipinski definition) is 10. The summed E-state index contributed by atoms with van der Waals surface area (Å²) in [7, 11) is 0. The van der Waals surface area contributed by atoms with E-state index in [1.54, 1.807) is 18.3 Å². The molecule has 164 valence electrons. The molecule has 0 spiro atoms. The molecule has 1 fully saturated rings. The van der Waals surface area contributed by atoms with Gasteiger partial charge in [-0.25, -0.2) is 5.43 Å². The molecule has 32 heavy (non-hydrogen) atoms. The van der Waals surface area contributed by atoms with Crippen molar-refractivity contribution in [3.05, 3.63) is 67.8 Å². The molecule has 0 amide bonds. The Kier molecular flexibility index (Phi) is 7.01. The van der Waals surface area contributed by atoms with Gasteiger partial charge >= 0.3 is 0 Å². The van der Waals surface area contributed by atoms with E-state index in [4.69, 9.17) is 4.74 Å². The Morgan fingerprint density at radius 1 is 1.09 bits per heavy atom. The Labute approximate surface area is 197 Å². The molecule has 1 saturated heterocycles. The zero-order valence-corrected chi connectivity index (χ0v) is 19.0. The number of benzene rings is 2. The number of hydrazone groups is 1. The zero-order valence-electron chi connectivity index (χ0n) is 16.8. The minimum atomic E-state index is -0.447. The van der Waals surface area contributed by atoms with E-state index in [-0.39, 0.29) is 11.6 Å². The fraction of sp³-hybridized carbons (Fsp3) is 0.200. The van der Waals surface area contributed by atoms with Crippen LogP contribution < -0.4 is 15.6 Å². The summed E-state index contributed by atoms with van der Waals surface area (Å²) >= 11 is 2.24. The third kappa shape index (κ3) is 5.85. The number of anilines is 4. The van der Waals surface area contributed by atoms with Crippen LogP contribution in [-0.4, -0.2) is 52.4 Å². The summed E-state index contributed by atoms with van der Waals surface area (Å²) in [6.45, 7) is 2.49. The smallest absolute Gasteiger partial charge is 0.269 e. The van der Waals surface area contributed by atoms with Crippen molar-refractivity contribution < 1.29 is 9.66 Å². The lowest BCUT2D eigenvalue weighted by Crippen LogP contribution is -2.37. The Morgan fingerprint density at radius 2 is 1.84 bits per heavy atom. The molecule has 2 aromatic carbocycles. The van der Waals surface area contributed by atoms with Crippen LogP contribution in [0.25, 0.3) is 0 Å². The summed E-state index contributed by atoms with van der Waals surface area (Å²) in [5.41, 5.74) is 4.42. The summed E-state index contributed by atoms with van der Waals surface area (Å²) < 4.78 is 6.52. The van der Waals surface area contributed by atoms with Crippen molar-refractivity contribution >= 4 is 58.0 Å². The zero-order chi connectivity index (χ0) is 22.3. The molecule has 2 N–H and O–H groups in total. The van der Waals surface area contributed by atoms with Crippen molar-refractivity contribution in [2.45, 2.75) is 0 Å². The van der Waals surface area contributed by atoms with E-state index in [0.29, 0.717) is 43.9 Å². The predicted molar refractivity (Wildman–Crippen MR) is 130 cm³/mol. The van der Waals surface area contributed by atoms with Gasteiger partial charge in [0.05, 0.1) is 24.4 Å². The van der Waals surface area contributed by atoms with Gasteiger partial charge in [-0.05, 0) is 52.4 Å². The molecule has 0 aliphatic carbocycles. The lowest BCUT2D eigenvalue weighted by molar-refractivity contribution is -0.384. The van der Waals surface area contributed by atoms with Gasteiger partial charge in [0.1, 0.15) is 0 Å². The molecule has 0 bridgehead atoms. The second kappa shape index (κ2) is 10.3. The molecule has 0 radical (unpaired) electrons. The Morgan fingerprint density at radius 3 is 2.56 bits per heavy atom. The first-order valence-electron chi connectivity index (χ1n) is 9.72. The molecule has 2 heterocycles. The molecular weight excluding hydrogens is 527 g/mol. The third-order valence-corrected chi connectivity index (χ3v) is 5.15. The number of halogens is 1. The van der Waals surface area contributed by atoms with Gasteiger partial charge in [-0.3, -0.25) is 10.1 Å². The highest BCUT2D eigenvalue weighted by atomic mass is 127. The Bertz CT molecular complexity index is 1120. The van der Waals surface area contributed by atoms with Gasteiger partial charge in [0.2, 0.25) is 17.8 Å². The van der Waals surface area contributed by atoms with Gasteiger partial charge in [0, 0.05) is 34.5 Å². The molecular formula is C20H19IN8O3. The number of nitrogens with one attached hydrogen (secondary N) is 2. The molecule has 11 nitrogen and oxygen atoms in total. The van der Waals surface area contributed by atoms with Crippen LogP contribution in [0.4, 0.5) is 29.2 Å². The van der Waals surface area contributed by atoms with Gasteiger partial charge in [0.15, 0.2) is 0 Å². The molecule has 1 aromatic heterocycles. The first kappa shape index (κ1) is 21.8. The van der Waals surface area contributed by atoms with Crippen LogP contribution in [-0.2, 0) is 4.74 Å².